The zero-order valence-corrected chi connectivity index (χ0v) is 14.2. The second-order valence-electron chi connectivity index (χ2n) is 5.61. The van der Waals surface area contributed by atoms with E-state index in [9.17, 15) is 9.90 Å². The highest BCUT2D eigenvalue weighted by molar-refractivity contribution is 7.10. The predicted octanol–water partition coefficient (Wildman–Crippen LogP) is 2.54. The highest BCUT2D eigenvalue weighted by atomic mass is 32.1. The lowest BCUT2D eigenvalue weighted by Gasteiger charge is -2.26. The first kappa shape index (κ1) is 16.5. The second kappa shape index (κ2) is 6.62. The van der Waals surface area contributed by atoms with Crippen LogP contribution in [0.5, 0.6) is 0 Å². The molecule has 0 aliphatic carbocycles. The average Bonchev–Trinajstić information content (AvgIpc) is 3.31. The highest BCUT2D eigenvalue weighted by Crippen LogP contribution is 2.32. The minimum absolute atomic E-state index is 0.0508. The summed E-state index contributed by atoms with van der Waals surface area (Å²) in [7, 11) is 0. The highest BCUT2D eigenvalue weighted by Gasteiger charge is 2.34. The molecule has 0 fully saturated rings. The smallest absolute Gasteiger partial charge is 0.224 e. The molecule has 3 aromatic rings. The number of carbonyl (C=O) groups is 1. The number of nitrogens with one attached hydrogen (secondary N) is 1. The van der Waals surface area contributed by atoms with Crippen molar-refractivity contribution in [1.29, 1.82) is 0 Å². The van der Waals surface area contributed by atoms with Crippen LogP contribution in [-0.4, -0.2) is 22.7 Å². The summed E-state index contributed by atoms with van der Waals surface area (Å²) in [5.74, 6) is 0.425. The van der Waals surface area contributed by atoms with Crippen LogP contribution in [0.4, 0.5) is 0 Å². The molecule has 1 atom stereocenters. The molecule has 2 N–H and O–H groups in total. The molecule has 0 saturated heterocycles. The van der Waals surface area contributed by atoms with Gasteiger partial charge in [0.25, 0.3) is 0 Å². The van der Waals surface area contributed by atoms with Gasteiger partial charge in [-0.2, -0.15) is 0 Å². The Balaban J connectivity index is 1.74. The van der Waals surface area contributed by atoms with E-state index in [0.29, 0.717) is 17.0 Å². The number of furan rings is 1. The topological polar surface area (TPSA) is 88.5 Å². The largest absolute Gasteiger partial charge is 0.472 e. The standard InChI is InChI=1S/C17H18N2O4S/c1-11-14(12(2)23-19-11)8-16(20)18-10-17(21,13-5-6-22-9-13)15-4-3-7-24-15/h3-7,9,21H,8,10H2,1-2H3,(H,18,20). The fourth-order valence-electron chi connectivity index (χ4n) is 2.55. The lowest BCUT2D eigenvalue weighted by atomic mass is 9.94. The minimum Gasteiger partial charge on any atom is -0.472 e. The molecule has 24 heavy (non-hydrogen) atoms. The Morgan fingerprint density at radius 2 is 2.25 bits per heavy atom. The van der Waals surface area contributed by atoms with Crippen LogP contribution in [0, 0.1) is 13.8 Å². The molecule has 0 saturated carbocycles. The summed E-state index contributed by atoms with van der Waals surface area (Å²) >= 11 is 1.42. The first-order valence-electron chi connectivity index (χ1n) is 7.48. The van der Waals surface area contributed by atoms with Crippen LogP contribution in [0.2, 0.25) is 0 Å². The van der Waals surface area contributed by atoms with Crippen LogP contribution in [0.25, 0.3) is 0 Å². The number of carbonyl (C=O) groups excluding carboxylic acids is 1. The van der Waals surface area contributed by atoms with Crippen molar-refractivity contribution >= 4 is 17.2 Å². The van der Waals surface area contributed by atoms with E-state index in [1.807, 2.05) is 17.5 Å². The molecule has 3 heterocycles. The molecule has 0 spiro atoms. The Morgan fingerprint density at radius 1 is 1.42 bits per heavy atom. The third-order valence-electron chi connectivity index (χ3n) is 3.99. The molecule has 126 valence electrons. The third kappa shape index (κ3) is 3.13. The van der Waals surface area contributed by atoms with E-state index in [2.05, 4.69) is 10.5 Å². The Hall–Kier alpha value is -2.38. The van der Waals surface area contributed by atoms with E-state index in [0.717, 1.165) is 10.4 Å². The molecule has 0 aliphatic rings. The molecule has 3 aromatic heterocycles. The van der Waals surface area contributed by atoms with Gasteiger partial charge in [0.15, 0.2) is 0 Å². The van der Waals surface area contributed by atoms with Crippen molar-refractivity contribution in [3.63, 3.8) is 0 Å². The zero-order valence-electron chi connectivity index (χ0n) is 13.4. The molecule has 7 heteroatoms. The van der Waals surface area contributed by atoms with Crippen LogP contribution in [0.3, 0.4) is 0 Å². The predicted molar refractivity (Wildman–Crippen MR) is 88.7 cm³/mol. The van der Waals surface area contributed by atoms with Crippen LogP contribution in [0.1, 0.15) is 27.5 Å². The maximum atomic E-state index is 12.3. The SMILES string of the molecule is Cc1noc(C)c1CC(=O)NCC(O)(c1ccoc1)c1cccs1. The van der Waals surface area contributed by atoms with Crippen molar-refractivity contribution in [2.24, 2.45) is 0 Å². The van der Waals surface area contributed by atoms with E-state index >= 15 is 0 Å². The van der Waals surface area contributed by atoms with Gasteiger partial charge in [0.1, 0.15) is 11.4 Å². The molecule has 0 bridgehead atoms. The Bertz CT molecular complexity index is 752. The number of amides is 1. The number of aryl methyl sites for hydroxylation is 2. The first-order chi connectivity index (χ1) is 11.5. The van der Waals surface area contributed by atoms with Gasteiger partial charge >= 0.3 is 0 Å². The minimum atomic E-state index is -1.32. The number of rotatable bonds is 6. The van der Waals surface area contributed by atoms with Crippen molar-refractivity contribution in [2.45, 2.75) is 25.9 Å². The van der Waals surface area contributed by atoms with Gasteiger partial charge in [0.05, 0.1) is 31.2 Å². The van der Waals surface area contributed by atoms with Crippen LogP contribution in [0.15, 0.2) is 45.0 Å². The summed E-state index contributed by atoms with van der Waals surface area (Å²) in [5.41, 5.74) is 0.749. The zero-order chi connectivity index (χ0) is 17.2. The summed E-state index contributed by atoms with van der Waals surface area (Å²) in [6.07, 6.45) is 3.15. The lowest BCUT2D eigenvalue weighted by Crippen LogP contribution is -2.41. The quantitative estimate of drug-likeness (QED) is 0.716. The molecule has 1 unspecified atom stereocenters. The molecule has 0 aromatic carbocycles. The molecule has 0 radical (unpaired) electrons. The van der Waals surface area contributed by atoms with Crippen molar-refractivity contribution in [2.75, 3.05) is 6.54 Å². The van der Waals surface area contributed by atoms with Gasteiger partial charge in [-0.05, 0) is 31.4 Å². The summed E-state index contributed by atoms with van der Waals surface area (Å²) in [5, 5.41) is 19.6. The number of nitrogens with zero attached hydrogens (tertiary/aromatic N) is 1. The molecule has 3 rings (SSSR count). The van der Waals surface area contributed by atoms with E-state index in [1.54, 1.807) is 19.9 Å². The Labute approximate surface area is 143 Å². The van der Waals surface area contributed by atoms with Crippen molar-refractivity contribution in [1.82, 2.24) is 10.5 Å². The third-order valence-corrected chi connectivity index (χ3v) is 5.01. The van der Waals surface area contributed by atoms with E-state index in [4.69, 9.17) is 8.94 Å². The van der Waals surface area contributed by atoms with Gasteiger partial charge in [0, 0.05) is 16.0 Å². The van der Waals surface area contributed by atoms with Crippen molar-refractivity contribution in [3.05, 3.63) is 63.6 Å². The molecule has 1 amide bonds. The van der Waals surface area contributed by atoms with E-state index in [1.165, 1.54) is 23.9 Å². The number of thiophene rings is 1. The fraction of sp³-hybridized carbons (Fsp3) is 0.294. The van der Waals surface area contributed by atoms with Gasteiger partial charge in [0.2, 0.25) is 5.91 Å². The second-order valence-corrected chi connectivity index (χ2v) is 6.55. The van der Waals surface area contributed by atoms with Gasteiger partial charge in [-0.1, -0.05) is 11.2 Å². The van der Waals surface area contributed by atoms with Crippen molar-refractivity contribution < 1.29 is 18.8 Å². The monoisotopic (exact) mass is 346 g/mol. The first-order valence-corrected chi connectivity index (χ1v) is 8.36. The average molecular weight is 346 g/mol. The summed E-state index contributed by atoms with van der Waals surface area (Å²) < 4.78 is 10.2. The number of aromatic nitrogens is 1. The maximum absolute atomic E-state index is 12.3. The van der Waals surface area contributed by atoms with Crippen LogP contribution >= 0.6 is 11.3 Å². The summed E-state index contributed by atoms with van der Waals surface area (Å²) in [4.78, 5) is 13.0. The Kier molecular flexibility index (Phi) is 4.55. The fourth-order valence-corrected chi connectivity index (χ4v) is 3.39. The van der Waals surface area contributed by atoms with E-state index < -0.39 is 5.60 Å². The van der Waals surface area contributed by atoms with Gasteiger partial charge in [-0.15, -0.1) is 11.3 Å². The number of hydrogen-bond acceptors (Lipinski definition) is 6. The normalized spacial score (nSPS) is 13.6. The summed E-state index contributed by atoms with van der Waals surface area (Å²) in [6, 6.07) is 5.38. The van der Waals surface area contributed by atoms with Gasteiger partial charge in [-0.3, -0.25) is 4.79 Å². The number of aliphatic hydroxyl groups is 1. The van der Waals surface area contributed by atoms with Crippen LogP contribution in [-0.2, 0) is 16.8 Å². The van der Waals surface area contributed by atoms with Gasteiger partial charge in [-0.25, -0.2) is 0 Å². The summed E-state index contributed by atoms with van der Waals surface area (Å²) in [6.45, 7) is 3.62. The number of hydrogen-bond donors (Lipinski definition) is 2. The molecular weight excluding hydrogens is 328 g/mol. The van der Waals surface area contributed by atoms with Crippen LogP contribution < -0.4 is 5.32 Å². The molecule has 0 aliphatic heterocycles. The molecular formula is C17H18N2O4S. The Morgan fingerprint density at radius 3 is 2.83 bits per heavy atom. The van der Waals surface area contributed by atoms with Gasteiger partial charge < -0.3 is 19.4 Å². The maximum Gasteiger partial charge on any atom is 0.224 e. The van der Waals surface area contributed by atoms with Crippen molar-refractivity contribution in [3.8, 4) is 0 Å². The molecule has 6 nitrogen and oxygen atoms in total. The van der Waals surface area contributed by atoms with E-state index in [-0.39, 0.29) is 18.9 Å². The lowest BCUT2D eigenvalue weighted by molar-refractivity contribution is -0.121.